The predicted octanol–water partition coefficient (Wildman–Crippen LogP) is 3.34. The van der Waals surface area contributed by atoms with Crippen LogP contribution in [0.4, 0.5) is 18.9 Å². The topological polar surface area (TPSA) is 88.8 Å². The monoisotopic (exact) mass is 447 g/mol. The molecule has 168 valence electrons. The molecule has 0 spiro atoms. The Hall–Kier alpha value is -3.63. The maximum absolute atomic E-state index is 12.9. The number of amides is 2. The summed E-state index contributed by atoms with van der Waals surface area (Å²) in [7, 11) is 0. The van der Waals surface area contributed by atoms with Crippen LogP contribution in [0.5, 0.6) is 5.75 Å². The molecule has 32 heavy (non-hydrogen) atoms. The van der Waals surface area contributed by atoms with Gasteiger partial charge in [-0.25, -0.2) is 9.97 Å². The van der Waals surface area contributed by atoms with Crippen molar-refractivity contribution in [1.29, 1.82) is 0 Å². The van der Waals surface area contributed by atoms with Crippen LogP contribution in [-0.4, -0.2) is 50.8 Å². The second-order valence-electron chi connectivity index (χ2n) is 7.40. The Balaban J connectivity index is 1.61. The zero-order chi connectivity index (χ0) is 23.0. The molecule has 1 fully saturated rings. The summed E-state index contributed by atoms with van der Waals surface area (Å²) in [6, 6.07) is 4.78. The van der Waals surface area contributed by atoms with Crippen LogP contribution in [-0.2, 0) is 11.0 Å². The fourth-order valence-corrected chi connectivity index (χ4v) is 3.43. The van der Waals surface area contributed by atoms with Crippen molar-refractivity contribution in [3.8, 4) is 5.75 Å². The molecule has 1 aliphatic heterocycles. The molecule has 1 saturated heterocycles. The second-order valence-corrected chi connectivity index (χ2v) is 7.40. The summed E-state index contributed by atoms with van der Waals surface area (Å²) in [5.74, 6) is -0.345. The van der Waals surface area contributed by atoms with Gasteiger partial charge in [-0.1, -0.05) is 6.07 Å². The number of hydrogen-bond acceptors (Lipinski definition) is 5. The number of carbonyl (C=O) groups excluding carboxylic acids is 2. The van der Waals surface area contributed by atoms with Crippen LogP contribution in [0.2, 0.25) is 0 Å². The highest BCUT2D eigenvalue weighted by Gasteiger charge is 2.33. The third-order valence-electron chi connectivity index (χ3n) is 5.14. The number of nitrogens with zero attached hydrogens (tertiary/aromatic N) is 4. The standard InChI is InChI=1S/C21H20F3N5O3/c1-3-32-17-7-19-26-15(13-8-28(9-13)12(2)30)10-29(19)11-16(17)27-20(31)14-5-4-6-18(25-14)21(22,23)24/h4-7,10-11,13H,3,8-9H2,1-2H3,(H,27,31). The molecule has 4 rings (SSSR count). The molecule has 0 radical (unpaired) electrons. The van der Waals surface area contributed by atoms with Crippen molar-refractivity contribution in [2.75, 3.05) is 25.0 Å². The van der Waals surface area contributed by atoms with Gasteiger partial charge < -0.3 is 19.4 Å². The van der Waals surface area contributed by atoms with E-state index in [1.807, 2.05) is 0 Å². The number of fused-ring (bicyclic) bond motifs is 1. The first kappa shape index (κ1) is 21.6. The fraction of sp³-hybridized carbons (Fsp3) is 0.333. The van der Waals surface area contributed by atoms with E-state index in [-0.39, 0.29) is 23.2 Å². The molecule has 2 amide bonds. The molecule has 0 atom stereocenters. The second kappa shape index (κ2) is 8.13. The molecular weight excluding hydrogens is 427 g/mol. The fourth-order valence-electron chi connectivity index (χ4n) is 3.43. The number of hydrogen-bond donors (Lipinski definition) is 1. The number of imidazole rings is 1. The maximum atomic E-state index is 12.9. The summed E-state index contributed by atoms with van der Waals surface area (Å²) in [4.78, 5) is 33.7. The molecule has 1 N–H and O–H groups in total. The van der Waals surface area contributed by atoms with E-state index >= 15 is 0 Å². The lowest BCUT2D eigenvalue weighted by Gasteiger charge is -2.37. The molecule has 0 aliphatic carbocycles. The van der Waals surface area contributed by atoms with E-state index in [2.05, 4.69) is 15.3 Å². The Morgan fingerprint density at radius 2 is 1.97 bits per heavy atom. The van der Waals surface area contributed by atoms with E-state index in [0.29, 0.717) is 31.1 Å². The van der Waals surface area contributed by atoms with Gasteiger partial charge in [0.15, 0.2) is 0 Å². The van der Waals surface area contributed by atoms with E-state index in [0.717, 1.165) is 17.8 Å². The quantitative estimate of drug-likeness (QED) is 0.648. The average molecular weight is 447 g/mol. The third-order valence-corrected chi connectivity index (χ3v) is 5.14. The van der Waals surface area contributed by atoms with Gasteiger partial charge in [0.25, 0.3) is 5.91 Å². The Labute approximate surface area is 181 Å². The number of likely N-dealkylation sites (tertiary alicyclic amines) is 1. The first-order valence-corrected chi connectivity index (χ1v) is 9.92. The SMILES string of the molecule is CCOc1cc2nc(C3CN(C(C)=O)C3)cn2cc1NC(=O)c1cccc(C(F)(F)F)n1. The number of carbonyl (C=O) groups is 2. The molecular formula is C21H20F3N5O3. The van der Waals surface area contributed by atoms with Gasteiger partial charge in [-0.05, 0) is 19.1 Å². The van der Waals surface area contributed by atoms with E-state index in [1.165, 1.54) is 13.0 Å². The van der Waals surface area contributed by atoms with Crippen LogP contribution < -0.4 is 10.1 Å². The lowest BCUT2D eigenvalue weighted by molar-refractivity contribution is -0.141. The zero-order valence-corrected chi connectivity index (χ0v) is 17.3. The Morgan fingerprint density at radius 1 is 1.22 bits per heavy atom. The molecule has 4 heterocycles. The van der Waals surface area contributed by atoms with Gasteiger partial charge in [0.1, 0.15) is 28.5 Å². The van der Waals surface area contributed by atoms with Crippen molar-refractivity contribution in [2.45, 2.75) is 25.9 Å². The van der Waals surface area contributed by atoms with Crippen LogP contribution in [0.3, 0.4) is 0 Å². The molecule has 1 aliphatic rings. The molecule has 8 nitrogen and oxygen atoms in total. The van der Waals surface area contributed by atoms with E-state index in [4.69, 9.17) is 4.74 Å². The van der Waals surface area contributed by atoms with Crippen molar-refractivity contribution in [3.05, 3.63) is 53.7 Å². The van der Waals surface area contributed by atoms with Gasteiger partial charge in [-0.15, -0.1) is 0 Å². The van der Waals surface area contributed by atoms with Crippen molar-refractivity contribution in [3.63, 3.8) is 0 Å². The van der Waals surface area contributed by atoms with Crippen molar-refractivity contribution >= 4 is 23.1 Å². The molecule has 11 heteroatoms. The molecule has 3 aromatic heterocycles. The van der Waals surface area contributed by atoms with E-state index in [9.17, 15) is 22.8 Å². The number of aromatic nitrogens is 3. The minimum Gasteiger partial charge on any atom is -0.491 e. The molecule has 0 saturated carbocycles. The van der Waals surface area contributed by atoms with Gasteiger partial charge in [0.05, 0.1) is 12.3 Å². The van der Waals surface area contributed by atoms with E-state index in [1.54, 1.807) is 34.7 Å². The van der Waals surface area contributed by atoms with Gasteiger partial charge >= 0.3 is 6.18 Å². The lowest BCUT2D eigenvalue weighted by atomic mass is 9.97. The highest BCUT2D eigenvalue weighted by Crippen LogP contribution is 2.31. The molecule has 0 bridgehead atoms. The summed E-state index contributed by atoms with van der Waals surface area (Å²) < 4.78 is 46.1. The van der Waals surface area contributed by atoms with Gasteiger partial charge in [-0.2, -0.15) is 13.2 Å². The first-order valence-electron chi connectivity index (χ1n) is 9.92. The summed E-state index contributed by atoms with van der Waals surface area (Å²) in [6.07, 6.45) is -1.27. The van der Waals surface area contributed by atoms with Crippen LogP contribution in [0.1, 0.15) is 41.6 Å². The number of nitrogens with one attached hydrogen (secondary N) is 1. The smallest absolute Gasteiger partial charge is 0.433 e. The largest absolute Gasteiger partial charge is 0.491 e. The third kappa shape index (κ3) is 4.23. The highest BCUT2D eigenvalue weighted by molar-refractivity contribution is 6.03. The van der Waals surface area contributed by atoms with Crippen LogP contribution in [0.15, 0.2) is 36.7 Å². The average Bonchev–Trinajstić information content (AvgIpc) is 3.08. The number of pyridine rings is 2. The van der Waals surface area contributed by atoms with Crippen molar-refractivity contribution < 1.29 is 27.5 Å². The summed E-state index contributed by atoms with van der Waals surface area (Å²) >= 11 is 0. The summed E-state index contributed by atoms with van der Waals surface area (Å²) in [5, 5.41) is 2.58. The van der Waals surface area contributed by atoms with Crippen LogP contribution in [0.25, 0.3) is 5.65 Å². The van der Waals surface area contributed by atoms with Gasteiger partial charge in [0, 0.05) is 44.4 Å². The lowest BCUT2D eigenvalue weighted by Crippen LogP contribution is -2.47. The molecule has 0 unspecified atom stereocenters. The van der Waals surface area contributed by atoms with Crippen LogP contribution in [0, 0.1) is 0 Å². The maximum Gasteiger partial charge on any atom is 0.433 e. The Bertz CT molecular complexity index is 1190. The van der Waals surface area contributed by atoms with Crippen molar-refractivity contribution in [2.24, 2.45) is 0 Å². The van der Waals surface area contributed by atoms with E-state index < -0.39 is 17.8 Å². The zero-order valence-electron chi connectivity index (χ0n) is 17.3. The minimum absolute atomic E-state index is 0.0110. The van der Waals surface area contributed by atoms with Crippen LogP contribution >= 0.6 is 0 Å². The van der Waals surface area contributed by atoms with Gasteiger partial charge in [-0.3, -0.25) is 9.59 Å². The number of alkyl halides is 3. The summed E-state index contributed by atoms with van der Waals surface area (Å²) in [6.45, 7) is 4.77. The molecule has 3 aromatic rings. The summed E-state index contributed by atoms with van der Waals surface area (Å²) in [5.41, 5.74) is 0.136. The van der Waals surface area contributed by atoms with Gasteiger partial charge in [0.2, 0.25) is 5.91 Å². The van der Waals surface area contributed by atoms with Crippen molar-refractivity contribution in [1.82, 2.24) is 19.3 Å². The first-order chi connectivity index (χ1) is 15.2. The number of anilines is 1. The predicted molar refractivity (Wildman–Crippen MR) is 109 cm³/mol. The normalized spacial score (nSPS) is 14.3. The number of rotatable bonds is 5. The Kier molecular flexibility index (Phi) is 5.49. The minimum atomic E-state index is -4.65. The molecule has 0 aromatic carbocycles. The number of halogens is 3. The Morgan fingerprint density at radius 3 is 2.62 bits per heavy atom. The highest BCUT2D eigenvalue weighted by atomic mass is 19.4. The number of ether oxygens (including phenoxy) is 1.